The number of ether oxygens (including phenoxy) is 2. The van der Waals surface area contributed by atoms with Gasteiger partial charge in [0.25, 0.3) is 5.56 Å². The topological polar surface area (TPSA) is 119 Å². The number of nitrogens with zero attached hydrogens (tertiary/aromatic N) is 1. The molecule has 0 aliphatic rings. The van der Waals surface area contributed by atoms with Gasteiger partial charge in [0.2, 0.25) is 0 Å². The molecule has 1 unspecified atom stereocenters. The highest BCUT2D eigenvalue weighted by atomic mass is 16.5. The predicted molar refractivity (Wildman–Crippen MR) is 127 cm³/mol. The van der Waals surface area contributed by atoms with Gasteiger partial charge >= 0.3 is 12.0 Å². The van der Waals surface area contributed by atoms with Crippen LogP contribution >= 0.6 is 0 Å². The summed E-state index contributed by atoms with van der Waals surface area (Å²) in [5.41, 5.74) is 0.792. The molecule has 3 aromatic rings. The van der Waals surface area contributed by atoms with E-state index >= 15 is 0 Å². The average Bonchev–Trinajstić information content (AvgIpc) is 2.79. The molecule has 0 saturated heterocycles. The summed E-state index contributed by atoms with van der Waals surface area (Å²) < 4.78 is 12.2. The molecule has 3 N–H and O–H groups in total. The van der Waals surface area contributed by atoms with Gasteiger partial charge in [-0.25, -0.2) is 4.79 Å². The minimum Gasteiger partial charge on any atom is -0.505 e. The first-order chi connectivity index (χ1) is 16.3. The van der Waals surface area contributed by atoms with E-state index in [-0.39, 0.29) is 24.5 Å². The Bertz CT molecular complexity index is 1240. The van der Waals surface area contributed by atoms with Gasteiger partial charge in [0, 0.05) is 13.2 Å². The van der Waals surface area contributed by atoms with Gasteiger partial charge in [-0.2, -0.15) is 0 Å². The first-order valence-corrected chi connectivity index (χ1v) is 10.7. The second-order valence-corrected chi connectivity index (χ2v) is 7.64. The molecule has 178 valence electrons. The highest BCUT2D eigenvalue weighted by Gasteiger charge is 2.21. The summed E-state index contributed by atoms with van der Waals surface area (Å²) in [6, 6.07) is 14.3. The Balaban J connectivity index is 1.83. The summed E-state index contributed by atoms with van der Waals surface area (Å²) in [5, 5.41) is 15.0. The molecule has 2 aromatic carbocycles. The Kier molecular flexibility index (Phi) is 7.92. The number of aryl methyl sites for hydroxylation is 2. The number of hydrogen-bond acceptors (Lipinski definition) is 6. The van der Waals surface area contributed by atoms with Crippen molar-refractivity contribution >= 4 is 17.7 Å². The summed E-state index contributed by atoms with van der Waals surface area (Å²) in [7, 11) is 1.49. The lowest BCUT2D eigenvalue weighted by Gasteiger charge is -2.20. The minimum absolute atomic E-state index is 0.145. The number of carbonyl (C=O) groups is 2. The third kappa shape index (κ3) is 6.38. The third-order valence-corrected chi connectivity index (χ3v) is 4.95. The zero-order valence-electron chi connectivity index (χ0n) is 19.2. The molecular formula is C25H27N3O6. The number of nitrogens with one attached hydrogen (secondary N) is 2. The van der Waals surface area contributed by atoms with Crippen molar-refractivity contribution in [2.45, 2.75) is 26.3 Å². The Labute approximate surface area is 197 Å². The zero-order chi connectivity index (χ0) is 24.7. The van der Waals surface area contributed by atoms with Gasteiger partial charge in [-0.3, -0.25) is 9.59 Å². The molecule has 1 atom stereocenters. The number of rotatable bonds is 8. The molecule has 0 saturated carbocycles. The standard InChI is InChI=1S/C25H27N3O6/c1-4-33-22(30)15-20(26-25(32)27-23-21(29)11-12-28(3)24(23)31)17-8-6-10-19(14-17)34-18-9-5-7-16(2)13-18/h5-14,20,29H,4,15H2,1-3H3,(H2,26,27,32). The zero-order valence-corrected chi connectivity index (χ0v) is 19.2. The van der Waals surface area contributed by atoms with Crippen molar-refractivity contribution in [3.05, 3.63) is 82.3 Å². The van der Waals surface area contributed by atoms with Gasteiger partial charge in [0.15, 0.2) is 5.69 Å². The van der Waals surface area contributed by atoms with Gasteiger partial charge < -0.3 is 29.8 Å². The van der Waals surface area contributed by atoms with Crippen molar-refractivity contribution in [3.63, 3.8) is 0 Å². The smallest absolute Gasteiger partial charge is 0.319 e. The number of anilines is 1. The highest BCUT2D eigenvalue weighted by molar-refractivity contribution is 5.91. The number of benzene rings is 2. The van der Waals surface area contributed by atoms with Gasteiger partial charge in [-0.15, -0.1) is 0 Å². The van der Waals surface area contributed by atoms with Crippen LogP contribution in [0.3, 0.4) is 0 Å². The molecule has 9 nitrogen and oxygen atoms in total. The predicted octanol–water partition coefficient (Wildman–Crippen LogP) is 4.01. The molecule has 0 aliphatic carbocycles. The molecule has 1 heterocycles. The lowest BCUT2D eigenvalue weighted by Crippen LogP contribution is -2.36. The molecule has 9 heteroatoms. The molecule has 0 fully saturated rings. The lowest BCUT2D eigenvalue weighted by atomic mass is 10.0. The van der Waals surface area contributed by atoms with E-state index in [1.807, 2.05) is 31.2 Å². The summed E-state index contributed by atoms with van der Waals surface area (Å²) >= 11 is 0. The molecule has 0 radical (unpaired) electrons. The fraction of sp³-hybridized carbons (Fsp3) is 0.240. The van der Waals surface area contributed by atoms with Crippen LogP contribution in [-0.4, -0.2) is 28.3 Å². The summed E-state index contributed by atoms with van der Waals surface area (Å²) in [4.78, 5) is 37.2. The fourth-order valence-corrected chi connectivity index (χ4v) is 3.29. The van der Waals surface area contributed by atoms with Crippen LogP contribution in [0.5, 0.6) is 17.2 Å². The Morgan fingerprint density at radius 2 is 1.79 bits per heavy atom. The number of pyridine rings is 1. The molecule has 0 bridgehead atoms. The Morgan fingerprint density at radius 1 is 1.09 bits per heavy atom. The van der Waals surface area contributed by atoms with Crippen molar-refractivity contribution in [2.75, 3.05) is 11.9 Å². The molecule has 34 heavy (non-hydrogen) atoms. The van der Waals surface area contributed by atoms with Crippen LogP contribution in [0.15, 0.2) is 65.6 Å². The molecule has 3 rings (SSSR count). The average molecular weight is 466 g/mol. The van der Waals surface area contributed by atoms with E-state index in [1.165, 1.54) is 23.9 Å². The van der Waals surface area contributed by atoms with E-state index in [0.717, 1.165) is 5.56 Å². The van der Waals surface area contributed by atoms with E-state index in [0.29, 0.717) is 17.1 Å². The Morgan fingerprint density at radius 3 is 2.50 bits per heavy atom. The molecule has 0 aliphatic heterocycles. The van der Waals surface area contributed by atoms with E-state index in [1.54, 1.807) is 31.2 Å². The van der Waals surface area contributed by atoms with Crippen LogP contribution in [0, 0.1) is 6.92 Å². The highest BCUT2D eigenvalue weighted by Crippen LogP contribution is 2.27. The first-order valence-electron chi connectivity index (χ1n) is 10.7. The number of hydrogen-bond donors (Lipinski definition) is 3. The number of aromatic nitrogens is 1. The van der Waals surface area contributed by atoms with Gasteiger partial charge in [0.05, 0.1) is 19.1 Å². The van der Waals surface area contributed by atoms with Crippen LogP contribution in [0.4, 0.5) is 10.5 Å². The van der Waals surface area contributed by atoms with Crippen molar-refractivity contribution in [1.29, 1.82) is 0 Å². The maximum atomic E-state index is 12.7. The summed E-state index contributed by atoms with van der Waals surface area (Å²) in [6.07, 6.45) is 1.23. The van der Waals surface area contributed by atoms with Gasteiger partial charge in [0.1, 0.15) is 17.2 Å². The molecule has 1 aromatic heterocycles. The largest absolute Gasteiger partial charge is 0.505 e. The SMILES string of the molecule is CCOC(=O)CC(NC(=O)Nc1c(O)ccn(C)c1=O)c1cccc(Oc2cccc(C)c2)c1. The van der Waals surface area contributed by atoms with Crippen molar-refractivity contribution in [1.82, 2.24) is 9.88 Å². The van der Waals surface area contributed by atoms with Crippen molar-refractivity contribution < 1.29 is 24.2 Å². The third-order valence-electron chi connectivity index (χ3n) is 4.95. The van der Waals surface area contributed by atoms with E-state index in [2.05, 4.69) is 10.6 Å². The monoisotopic (exact) mass is 465 g/mol. The number of aromatic hydroxyl groups is 1. The summed E-state index contributed by atoms with van der Waals surface area (Å²) in [5.74, 6) is 0.305. The van der Waals surface area contributed by atoms with Crippen LogP contribution in [0.25, 0.3) is 0 Å². The van der Waals surface area contributed by atoms with E-state index in [4.69, 9.17) is 9.47 Å². The lowest BCUT2D eigenvalue weighted by molar-refractivity contribution is -0.143. The van der Waals surface area contributed by atoms with Crippen LogP contribution in [0.1, 0.15) is 30.5 Å². The second kappa shape index (κ2) is 11.0. The molecule has 0 spiro atoms. The maximum Gasteiger partial charge on any atom is 0.319 e. The number of carbonyl (C=O) groups excluding carboxylic acids is 2. The van der Waals surface area contributed by atoms with E-state index in [9.17, 15) is 19.5 Å². The van der Waals surface area contributed by atoms with Gasteiger partial charge in [-0.05, 0) is 55.3 Å². The fourth-order valence-electron chi connectivity index (χ4n) is 3.29. The van der Waals surface area contributed by atoms with E-state index < -0.39 is 23.6 Å². The molecular weight excluding hydrogens is 438 g/mol. The second-order valence-electron chi connectivity index (χ2n) is 7.64. The minimum atomic E-state index is -0.783. The van der Waals surface area contributed by atoms with Crippen LogP contribution < -0.4 is 20.9 Å². The van der Waals surface area contributed by atoms with Gasteiger partial charge in [-0.1, -0.05) is 24.3 Å². The molecule has 2 amide bonds. The normalized spacial score (nSPS) is 11.4. The number of amides is 2. The number of esters is 1. The van der Waals surface area contributed by atoms with Crippen molar-refractivity contribution in [3.8, 4) is 17.2 Å². The first kappa shape index (κ1) is 24.4. The van der Waals surface area contributed by atoms with Crippen LogP contribution in [0.2, 0.25) is 0 Å². The van der Waals surface area contributed by atoms with Crippen LogP contribution in [-0.2, 0) is 16.6 Å². The van der Waals surface area contributed by atoms with Crippen molar-refractivity contribution in [2.24, 2.45) is 7.05 Å². The quantitative estimate of drug-likeness (QED) is 0.433. The maximum absolute atomic E-state index is 12.7. The Hall–Kier alpha value is -4.27. The number of urea groups is 1. The summed E-state index contributed by atoms with van der Waals surface area (Å²) in [6.45, 7) is 3.85.